The van der Waals surface area contributed by atoms with Gasteiger partial charge in [-0.15, -0.1) is 0 Å². The average molecular weight is 527 g/mol. The van der Waals surface area contributed by atoms with Crippen LogP contribution in [0.15, 0.2) is 17.1 Å². The molecule has 0 bridgehead atoms. The normalized spacial score (nSPS) is 35.7. The first-order valence-corrected chi connectivity index (χ1v) is 12.7. The van der Waals surface area contributed by atoms with Gasteiger partial charge in [0, 0.05) is 13.3 Å². The van der Waals surface area contributed by atoms with Crippen LogP contribution in [0.1, 0.15) is 6.23 Å². The largest absolute Gasteiger partial charge is 0.490 e. The van der Waals surface area contributed by atoms with E-state index in [9.17, 15) is 33.4 Å². The Kier molecular flexibility index (Phi) is 6.37. The van der Waals surface area contributed by atoms with Crippen LogP contribution in [0.3, 0.4) is 0 Å². The number of halogens is 1. The molecule has 2 heterocycles. The lowest BCUT2D eigenvalue weighted by Crippen LogP contribution is -2.38. The summed E-state index contributed by atoms with van der Waals surface area (Å²) in [6, 6.07) is 1.14. The smallest absolute Gasteiger partial charge is 0.383 e. The fourth-order valence-corrected chi connectivity index (χ4v) is 6.62. The summed E-state index contributed by atoms with van der Waals surface area (Å²) in [6.07, 6.45) is -5.31. The van der Waals surface area contributed by atoms with Gasteiger partial charge in [0.15, 0.2) is 23.6 Å². The Bertz CT molecular complexity index is 1110. The van der Waals surface area contributed by atoms with E-state index < -0.39 is 65.5 Å². The zero-order valence-electron chi connectivity index (χ0n) is 15.7. The van der Waals surface area contributed by atoms with Crippen molar-refractivity contribution in [1.82, 2.24) is 9.55 Å². The van der Waals surface area contributed by atoms with Crippen LogP contribution in [0.2, 0.25) is 0 Å². The van der Waals surface area contributed by atoms with E-state index in [-0.39, 0.29) is 5.82 Å². The number of nitrogens with zero attached hydrogens (tertiary/aromatic N) is 2. The Morgan fingerprint density at radius 1 is 1.25 bits per heavy atom. The van der Waals surface area contributed by atoms with Crippen molar-refractivity contribution in [3.05, 3.63) is 22.7 Å². The lowest BCUT2D eigenvalue weighted by atomic mass is 10.1. The van der Waals surface area contributed by atoms with Crippen LogP contribution >= 0.6 is 23.5 Å². The van der Waals surface area contributed by atoms with Gasteiger partial charge in [0.25, 0.3) is 0 Å². The van der Waals surface area contributed by atoms with Gasteiger partial charge in [-0.05, 0) is 6.07 Å². The maximum Gasteiger partial charge on any atom is 0.490 e. The second-order valence-corrected chi connectivity index (χ2v) is 11.0. The van der Waals surface area contributed by atoms with Crippen molar-refractivity contribution >= 4 is 29.3 Å². The number of nitrogens with two attached hydrogens (primary N) is 1. The van der Waals surface area contributed by atoms with E-state index in [1.807, 2.05) is 0 Å². The number of phosphoric acid groups is 3. The molecule has 1 aliphatic carbocycles. The molecule has 0 radical (unpaired) electrons. The van der Waals surface area contributed by atoms with Crippen LogP contribution in [0.5, 0.6) is 0 Å². The lowest BCUT2D eigenvalue weighted by Gasteiger charge is -2.24. The van der Waals surface area contributed by atoms with E-state index in [1.54, 1.807) is 0 Å². The summed E-state index contributed by atoms with van der Waals surface area (Å²) in [7, 11) is -16.1. The standard InChI is InChI=1S/C11H17FN3O14P3/c1-25-4-10-8(27-31(21,22)29-32(23,24)28-30(18,19)20)11(10,17)6(12)7(26-10)15-3-2-5(13)14-9(15)16/h2-3,6-8,17H,4H2,1H3,(H,21,22)(H,23,24)(H2,13,14,16)(H2,18,19,20)/t6-,7-,8?,10-,11+/m1/s1. The van der Waals surface area contributed by atoms with Crippen molar-refractivity contribution in [3.8, 4) is 0 Å². The topological polar surface area (TPSA) is 259 Å². The Hall–Kier alpha value is -1.10. The number of methoxy groups -OCH3 is 1. The summed E-state index contributed by atoms with van der Waals surface area (Å²) in [4.78, 5) is 51.3. The number of hydrogen-bond donors (Lipinski definition) is 6. The highest BCUT2D eigenvalue weighted by molar-refractivity contribution is 7.66. The fraction of sp³-hybridized carbons (Fsp3) is 0.636. The van der Waals surface area contributed by atoms with E-state index in [2.05, 4.69) is 18.1 Å². The van der Waals surface area contributed by atoms with Gasteiger partial charge in [-0.1, -0.05) is 0 Å². The molecule has 1 aromatic rings. The molecule has 7 atom stereocenters. The molecule has 2 fully saturated rings. The SMILES string of the molecule is COC[C@]12O[C@@H](n3ccc(N)nc3=O)[C@@H](F)[C@]1(O)C2OP(=O)(O)OP(=O)(O)OP(=O)(O)O. The van der Waals surface area contributed by atoms with Gasteiger partial charge in [0.1, 0.15) is 11.9 Å². The second kappa shape index (κ2) is 7.99. The molecule has 3 unspecified atom stereocenters. The number of ether oxygens (including phenoxy) is 2. The Balaban J connectivity index is 1.84. The zero-order chi connectivity index (χ0) is 24.3. The summed E-state index contributed by atoms with van der Waals surface area (Å²) < 4.78 is 71.9. The summed E-state index contributed by atoms with van der Waals surface area (Å²) in [5.41, 5.74) is -0.608. The van der Waals surface area contributed by atoms with Gasteiger partial charge in [-0.2, -0.15) is 13.6 Å². The first-order chi connectivity index (χ1) is 14.5. The quantitative estimate of drug-likeness (QED) is 0.200. The Morgan fingerprint density at radius 2 is 1.88 bits per heavy atom. The molecule has 32 heavy (non-hydrogen) atoms. The second-order valence-electron chi connectivity index (χ2n) is 6.68. The molecule has 0 amide bonds. The van der Waals surface area contributed by atoms with Crippen LogP contribution in [0, 0.1) is 0 Å². The highest BCUT2D eigenvalue weighted by atomic mass is 31.3. The van der Waals surface area contributed by atoms with Gasteiger partial charge in [-0.3, -0.25) is 9.09 Å². The number of phosphoric ester groups is 1. The zero-order valence-corrected chi connectivity index (χ0v) is 18.4. The van der Waals surface area contributed by atoms with Gasteiger partial charge < -0.3 is 39.9 Å². The van der Waals surface area contributed by atoms with E-state index in [0.717, 1.165) is 19.4 Å². The number of alkyl halides is 1. The minimum atomic E-state index is -5.85. The van der Waals surface area contributed by atoms with Crippen molar-refractivity contribution in [2.75, 3.05) is 19.5 Å². The molecule has 0 spiro atoms. The third kappa shape index (κ3) is 4.48. The third-order valence-corrected chi connectivity index (χ3v) is 8.36. The number of anilines is 1. The minimum Gasteiger partial charge on any atom is -0.383 e. The molecule has 182 valence electrons. The van der Waals surface area contributed by atoms with E-state index >= 15 is 4.39 Å². The maximum absolute atomic E-state index is 15.2. The van der Waals surface area contributed by atoms with Crippen molar-refractivity contribution in [2.45, 2.75) is 29.7 Å². The molecular weight excluding hydrogens is 510 g/mol. The van der Waals surface area contributed by atoms with Crippen molar-refractivity contribution in [1.29, 1.82) is 0 Å². The highest BCUT2D eigenvalue weighted by Crippen LogP contribution is 2.72. The molecule has 1 saturated heterocycles. The van der Waals surface area contributed by atoms with Crippen molar-refractivity contribution in [2.24, 2.45) is 0 Å². The molecule has 1 aliphatic heterocycles. The fourth-order valence-electron chi connectivity index (χ4n) is 3.36. The van der Waals surface area contributed by atoms with Gasteiger partial charge in [0.05, 0.1) is 6.61 Å². The summed E-state index contributed by atoms with van der Waals surface area (Å²) >= 11 is 0. The summed E-state index contributed by atoms with van der Waals surface area (Å²) in [6.45, 7) is -0.655. The summed E-state index contributed by atoms with van der Waals surface area (Å²) in [5.74, 6) is -0.180. The number of aliphatic hydroxyl groups is 1. The number of rotatable bonds is 9. The molecule has 21 heteroatoms. The predicted molar refractivity (Wildman–Crippen MR) is 96.2 cm³/mol. The van der Waals surface area contributed by atoms with Crippen molar-refractivity contribution < 1.29 is 65.4 Å². The molecule has 7 N–H and O–H groups in total. The lowest BCUT2D eigenvalue weighted by molar-refractivity contribution is -0.110. The molecule has 17 nitrogen and oxygen atoms in total. The van der Waals surface area contributed by atoms with Gasteiger partial charge in [-0.25, -0.2) is 22.9 Å². The van der Waals surface area contributed by atoms with Crippen LogP contribution in [-0.4, -0.2) is 71.4 Å². The van der Waals surface area contributed by atoms with E-state index in [0.29, 0.717) is 4.57 Å². The minimum absolute atomic E-state index is 0.180. The first kappa shape index (κ1) is 25.5. The molecular formula is C11H17FN3O14P3. The molecule has 0 aromatic carbocycles. The van der Waals surface area contributed by atoms with E-state index in [1.165, 1.54) is 0 Å². The van der Waals surface area contributed by atoms with Crippen LogP contribution in [0.25, 0.3) is 0 Å². The van der Waals surface area contributed by atoms with E-state index in [4.69, 9.17) is 25.0 Å². The van der Waals surface area contributed by atoms with Gasteiger partial charge >= 0.3 is 29.2 Å². The van der Waals surface area contributed by atoms with Crippen LogP contribution < -0.4 is 11.4 Å². The first-order valence-electron chi connectivity index (χ1n) is 8.18. The summed E-state index contributed by atoms with van der Waals surface area (Å²) in [5, 5.41) is 10.8. The Morgan fingerprint density at radius 3 is 2.41 bits per heavy atom. The molecule has 3 rings (SSSR count). The monoisotopic (exact) mass is 527 g/mol. The Labute approximate surface area is 176 Å². The average Bonchev–Trinajstić information content (AvgIpc) is 2.95. The molecule has 1 saturated carbocycles. The maximum atomic E-state index is 15.2. The number of aromatic nitrogens is 2. The van der Waals surface area contributed by atoms with Crippen molar-refractivity contribution in [3.63, 3.8) is 0 Å². The number of hydrogen-bond acceptors (Lipinski definition) is 12. The highest BCUT2D eigenvalue weighted by Gasteiger charge is 2.90. The molecule has 2 aliphatic rings. The third-order valence-electron chi connectivity index (χ3n) is 4.56. The molecule has 1 aromatic heterocycles. The number of fused-ring (bicyclic) bond motifs is 1. The van der Waals surface area contributed by atoms with Crippen LogP contribution in [0.4, 0.5) is 10.2 Å². The van der Waals surface area contributed by atoms with Gasteiger partial charge in [0.2, 0.25) is 0 Å². The number of nitrogen functional groups attached to an aromatic ring is 1. The predicted octanol–water partition coefficient (Wildman–Crippen LogP) is -1.47. The van der Waals surface area contributed by atoms with Crippen LogP contribution in [-0.2, 0) is 36.3 Å².